The summed E-state index contributed by atoms with van der Waals surface area (Å²) < 4.78 is 28.5. The van der Waals surface area contributed by atoms with Gasteiger partial charge in [0, 0.05) is 88.1 Å². The number of aromatic amines is 4. The third kappa shape index (κ3) is 19.4. The Kier molecular flexibility index (Phi) is 30.3. The maximum atomic E-state index is 7.13. The van der Waals surface area contributed by atoms with E-state index in [-0.39, 0.29) is 11.8 Å². The van der Waals surface area contributed by atoms with E-state index >= 15 is 0 Å². The zero-order chi connectivity index (χ0) is 87.7. The van der Waals surface area contributed by atoms with Crippen molar-refractivity contribution in [3.63, 3.8) is 0 Å². The van der Waals surface area contributed by atoms with E-state index in [2.05, 4.69) is 221 Å². The highest BCUT2D eigenvalue weighted by atomic mass is 16.5. The molecule has 17 rings (SSSR count). The van der Waals surface area contributed by atoms with Gasteiger partial charge in [0.1, 0.15) is 22.1 Å². The van der Waals surface area contributed by atoms with Crippen LogP contribution in [-0.4, -0.2) is 66.3 Å². The fraction of sp³-hybridized carbons (Fsp3) is 0.466. The number of nitrogens with one attached hydrogen (secondary N) is 4. The summed E-state index contributed by atoms with van der Waals surface area (Å²) in [7, 11) is 0. The highest BCUT2D eigenvalue weighted by Crippen LogP contribution is 2.51. The molecule has 670 valence electrons. The molecule has 7 aromatic carbocycles. The van der Waals surface area contributed by atoms with Crippen molar-refractivity contribution in [2.24, 2.45) is 0 Å². The van der Waals surface area contributed by atoms with E-state index in [1.54, 1.807) is 0 Å². The number of pyridine rings is 4. The molecule has 0 amide bonds. The van der Waals surface area contributed by atoms with Gasteiger partial charge in [0.15, 0.2) is 23.0 Å². The van der Waals surface area contributed by atoms with Crippen molar-refractivity contribution in [2.45, 2.75) is 324 Å². The van der Waals surface area contributed by atoms with Gasteiger partial charge in [-0.3, -0.25) is 0 Å². The van der Waals surface area contributed by atoms with Crippen LogP contribution in [0, 0.1) is 27.7 Å². The largest absolute Gasteiger partial charge is 0.489 e. The number of ether oxygens (including phenoxy) is 4. The molecule has 10 heterocycles. The lowest BCUT2D eigenvalue weighted by Crippen LogP contribution is -2.10. The first kappa shape index (κ1) is 89.5. The van der Waals surface area contributed by atoms with Crippen molar-refractivity contribution in [1.82, 2.24) is 39.9 Å². The van der Waals surface area contributed by atoms with E-state index in [4.69, 9.17) is 38.9 Å². The molecule has 4 N–H and O–H groups in total. The minimum Gasteiger partial charge on any atom is -0.489 e. The van der Waals surface area contributed by atoms with Gasteiger partial charge in [0.25, 0.3) is 0 Å². The van der Waals surface area contributed by atoms with Crippen LogP contribution in [0.1, 0.15) is 353 Å². The smallest absolute Gasteiger partial charge is 0.171 e. The van der Waals surface area contributed by atoms with Crippen molar-refractivity contribution in [1.29, 1.82) is 0 Å². The van der Waals surface area contributed by atoms with Crippen molar-refractivity contribution < 1.29 is 18.9 Å². The number of hydrogen-bond donors (Lipinski definition) is 4. The van der Waals surface area contributed by atoms with E-state index in [1.165, 1.54) is 239 Å². The number of aryl methyl sites for hydroxylation is 4. The second-order valence-electron chi connectivity index (χ2n) is 37.9. The number of para-hydroxylation sites is 4. The third-order valence-corrected chi connectivity index (χ3v) is 28.8. The van der Waals surface area contributed by atoms with Crippen LogP contribution >= 0.6 is 0 Å². The predicted octanol–water partition coefficient (Wildman–Crippen LogP) is 33.9. The first-order valence-corrected chi connectivity index (χ1v) is 50.8. The van der Waals surface area contributed by atoms with Gasteiger partial charge in [-0.1, -0.05) is 356 Å². The first-order valence-electron chi connectivity index (χ1n) is 50.8. The molecule has 0 aliphatic carbocycles. The molecule has 8 aromatic heterocycles. The molecule has 16 bridgehead atoms. The highest BCUT2D eigenvalue weighted by molar-refractivity contribution is 6.14. The molecule has 0 saturated carbocycles. The molecule has 0 fully saturated rings. The Labute approximate surface area is 761 Å². The molecule has 12 nitrogen and oxygen atoms in total. The number of nitrogens with zero attached hydrogens (tertiary/aromatic N) is 4. The number of hydrogen-bond acceptors (Lipinski definition) is 8. The number of benzene rings is 7. The Morgan fingerprint density at radius 2 is 0.414 bits per heavy atom. The quantitative estimate of drug-likeness (QED) is 0.0217. The van der Waals surface area contributed by atoms with Gasteiger partial charge in [-0.2, -0.15) is 0 Å². The monoisotopic (exact) mass is 1710 g/mol. The lowest BCUT2D eigenvalue weighted by Gasteiger charge is -2.22. The van der Waals surface area contributed by atoms with Crippen LogP contribution in [0.2, 0.25) is 0 Å². The summed E-state index contributed by atoms with van der Waals surface area (Å²) in [5.74, 6) is 2.61. The molecule has 0 unspecified atom stereocenters. The Bertz CT molecular complexity index is 5540. The summed E-state index contributed by atoms with van der Waals surface area (Å²) >= 11 is 0. The van der Waals surface area contributed by atoms with E-state index in [9.17, 15) is 0 Å². The van der Waals surface area contributed by atoms with Crippen molar-refractivity contribution in [3.8, 4) is 68.0 Å². The molecule has 0 radical (unpaired) electrons. The minimum absolute atomic E-state index is 0.246. The normalized spacial score (nSPS) is 12.8. The molecule has 15 aromatic rings. The van der Waals surface area contributed by atoms with E-state index in [0.717, 1.165) is 229 Å². The van der Waals surface area contributed by atoms with Gasteiger partial charge >= 0.3 is 0 Å². The molecule has 128 heavy (non-hydrogen) atoms. The molecule has 2 aliphatic rings. The standard InChI is InChI=1S/C116H142N8O4/c1-9-13-17-21-25-29-33-37-41-45-73-125-113-91-65-69-95-87-57-49-53-83-77(5)101(121-105(83)87)99(102-78(6)84-54-50-58-88(106(84)122-102)96-70-66-92(110(118-96)109(91)117-95)114(113)126-74-46-42-38-34-30-26-22-18-14-10-2)81-61-63-82(64-62-81)100-103-79(7)85-55-51-59-89(107(85)123-103)97-71-67-93-111(119-97)112-94(68-72-98(120-112)90-60-52-56-86-80(8)104(100)124-108(86)90)116(128-76-48-44-40-36-32-28-24-20-16-12-4)115(93)127-75-47-43-39-35-31-27-23-19-15-11-3/h49-72,99-100,121-124H,9-48,73-76H2,1-8H3. The average molecular weight is 1710 g/mol. The van der Waals surface area contributed by atoms with Gasteiger partial charge in [0.05, 0.1) is 83.1 Å². The molecular formula is C116H142N8O4. The second-order valence-corrected chi connectivity index (χ2v) is 37.9. The summed E-state index contributed by atoms with van der Waals surface area (Å²) in [6, 6.07) is 54.3. The minimum atomic E-state index is -0.246. The zero-order valence-electron chi connectivity index (χ0n) is 78.5. The molecule has 12 heteroatoms. The van der Waals surface area contributed by atoms with Crippen molar-refractivity contribution in [3.05, 3.63) is 202 Å². The summed E-state index contributed by atoms with van der Waals surface area (Å²) in [5, 5.41) is 8.37. The SMILES string of the molecule is CCCCCCCCCCCCOc1c(OCCCCCCCCCCCC)c2ccc3nc2c2nc(ccc12)-c1cccc2c(C)c([nH]c12)C(c1ccc(C2c4[nH]c5c(cccc5c4C)-c4ccc5c(OCCCCCCCCCCCC)c(OCCCCCCCCCCCC)c6ccc(nc6c5n4)-c4cccc5c(C)c2[nH]c45)cc1)c1[nH]c2c-3cccc2c1C. The molecule has 2 aliphatic heterocycles. The van der Waals surface area contributed by atoms with E-state index in [0.29, 0.717) is 26.4 Å². The number of H-pyrrole nitrogens is 4. The van der Waals surface area contributed by atoms with E-state index in [1.807, 2.05) is 0 Å². The Morgan fingerprint density at radius 1 is 0.219 bits per heavy atom. The third-order valence-electron chi connectivity index (χ3n) is 28.8. The van der Waals surface area contributed by atoms with Crippen LogP contribution in [0.5, 0.6) is 23.0 Å². The maximum absolute atomic E-state index is 7.13. The summed E-state index contributed by atoms with van der Waals surface area (Å²) in [4.78, 5) is 40.1. The fourth-order valence-electron chi connectivity index (χ4n) is 21.3. The number of aromatic nitrogens is 8. The number of unbranched alkanes of at least 4 members (excludes halogenated alkanes) is 36. The fourth-order valence-corrected chi connectivity index (χ4v) is 21.3. The van der Waals surface area contributed by atoms with Crippen LogP contribution in [0.15, 0.2) is 146 Å². The molecular weight excluding hydrogens is 1570 g/mol. The second kappa shape index (κ2) is 43.3. The van der Waals surface area contributed by atoms with Gasteiger partial charge in [-0.25, -0.2) is 19.9 Å². The topological polar surface area (TPSA) is 152 Å². The zero-order valence-corrected chi connectivity index (χ0v) is 78.5. The summed E-state index contributed by atoms with van der Waals surface area (Å²) in [6.07, 6.45) is 50.5. The average Bonchev–Trinajstić information content (AvgIpc) is 1.50. The predicted molar refractivity (Wildman–Crippen MR) is 540 cm³/mol. The highest BCUT2D eigenvalue weighted by Gasteiger charge is 2.34. The Morgan fingerprint density at radius 3 is 0.617 bits per heavy atom. The summed E-state index contributed by atoms with van der Waals surface area (Å²) in [6.45, 7) is 20.9. The maximum Gasteiger partial charge on any atom is 0.171 e. The van der Waals surface area contributed by atoms with Crippen LogP contribution in [0.25, 0.3) is 132 Å². The first-order chi connectivity index (χ1) is 63.1. The van der Waals surface area contributed by atoms with Gasteiger partial charge in [-0.05, 0) is 135 Å². The van der Waals surface area contributed by atoms with Gasteiger partial charge < -0.3 is 38.9 Å². The van der Waals surface area contributed by atoms with E-state index < -0.39 is 0 Å². The van der Waals surface area contributed by atoms with Crippen molar-refractivity contribution in [2.75, 3.05) is 26.4 Å². The Hall–Kier alpha value is -10.5. The van der Waals surface area contributed by atoms with Gasteiger partial charge in [0.2, 0.25) is 0 Å². The molecule has 0 atom stereocenters. The lowest BCUT2D eigenvalue weighted by molar-refractivity contribution is 0.263. The molecule has 0 spiro atoms. The molecule has 0 saturated heterocycles. The number of fused-ring (bicyclic) bond motifs is 12. The van der Waals surface area contributed by atoms with Gasteiger partial charge in [-0.15, -0.1) is 0 Å². The number of rotatable bonds is 50. The summed E-state index contributed by atoms with van der Waals surface area (Å²) in [5.41, 5.74) is 26.8. The lowest BCUT2D eigenvalue weighted by atomic mass is 9.84. The van der Waals surface area contributed by atoms with Crippen LogP contribution in [0.3, 0.4) is 0 Å². The van der Waals surface area contributed by atoms with Crippen LogP contribution < -0.4 is 18.9 Å². The van der Waals surface area contributed by atoms with Crippen molar-refractivity contribution >= 4 is 87.2 Å². The Balaban J connectivity index is 0.737. The van der Waals surface area contributed by atoms with Crippen LogP contribution in [-0.2, 0) is 0 Å². The van der Waals surface area contributed by atoms with Crippen LogP contribution in [0.4, 0.5) is 0 Å².